The van der Waals surface area contributed by atoms with Crippen molar-refractivity contribution in [2.45, 2.75) is 57.0 Å². The monoisotopic (exact) mass is 520 g/mol. The van der Waals surface area contributed by atoms with Gasteiger partial charge < -0.3 is 20.5 Å². The first-order valence-electron chi connectivity index (χ1n) is 13.1. The molecule has 0 saturated carbocycles. The number of carbonyl (C=O) groups excluding carboxylic acids is 3. The number of ether oxygens (including phenoxy) is 1. The molecule has 3 N–H and O–H groups in total. The van der Waals surface area contributed by atoms with E-state index in [2.05, 4.69) is 23.8 Å². The van der Waals surface area contributed by atoms with Gasteiger partial charge in [0.15, 0.2) is 0 Å². The summed E-state index contributed by atoms with van der Waals surface area (Å²) in [6.45, 7) is 7.21. The Labute approximate surface area is 226 Å². The number of aliphatic hydroxyl groups excluding tert-OH is 1. The lowest BCUT2D eigenvalue weighted by molar-refractivity contribution is -0.145. The van der Waals surface area contributed by atoms with Crippen molar-refractivity contribution in [3.63, 3.8) is 0 Å². The van der Waals surface area contributed by atoms with Crippen LogP contribution in [0.3, 0.4) is 0 Å². The minimum absolute atomic E-state index is 0.0320. The molecule has 0 radical (unpaired) electrons. The lowest BCUT2D eigenvalue weighted by atomic mass is 9.98. The summed E-state index contributed by atoms with van der Waals surface area (Å²) in [5.74, 6) is -1.61. The molecular formula is C31H40N2O5. The van der Waals surface area contributed by atoms with E-state index in [-0.39, 0.29) is 43.8 Å². The maximum absolute atomic E-state index is 13.2. The van der Waals surface area contributed by atoms with Crippen LogP contribution in [0.25, 0.3) is 0 Å². The van der Waals surface area contributed by atoms with Gasteiger partial charge in [0.25, 0.3) is 0 Å². The molecule has 0 bridgehead atoms. The lowest BCUT2D eigenvalue weighted by Crippen LogP contribution is -2.45. The van der Waals surface area contributed by atoms with Crippen molar-refractivity contribution >= 4 is 17.8 Å². The van der Waals surface area contributed by atoms with Gasteiger partial charge in [-0.1, -0.05) is 72.8 Å². The highest BCUT2D eigenvalue weighted by atomic mass is 16.5. The summed E-state index contributed by atoms with van der Waals surface area (Å²) in [5, 5.41) is 15.6. The molecule has 2 amide bonds. The third-order valence-electron chi connectivity index (χ3n) is 6.07. The fraction of sp³-hybridized carbons (Fsp3) is 0.387. The van der Waals surface area contributed by atoms with Crippen LogP contribution in [-0.2, 0) is 32.0 Å². The number of hydrogen-bond acceptors (Lipinski definition) is 5. The molecule has 0 aromatic heterocycles. The summed E-state index contributed by atoms with van der Waals surface area (Å²) in [6, 6.07) is 18.3. The van der Waals surface area contributed by atoms with Crippen molar-refractivity contribution in [1.82, 2.24) is 10.6 Å². The molecule has 0 aliphatic carbocycles. The van der Waals surface area contributed by atoms with Gasteiger partial charge >= 0.3 is 5.97 Å². The smallest absolute Gasteiger partial charge is 0.305 e. The van der Waals surface area contributed by atoms with Crippen LogP contribution in [0.5, 0.6) is 0 Å². The fourth-order valence-electron chi connectivity index (χ4n) is 4.08. The number of esters is 1. The summed E-state index contributed by atoms with van der Waals surface area (Å²) in [5.41, 5.74) is 1.99. The van der Waals surface area contributed by atoms with Crippen LogP contribution in [0.1, 0.15) is 43.2 Å². The van der Waals surface area contributed by atoms with Crippen LogP contribution in [0.2, 0.25) is 0 Å². The Bertz CT molecular complexity index is 1010. The van der Waals surface area contributed by atoms with Crippen molar-refractivity contribution < 1.29 is 24.2 Å². The Morgan fingerprint density at radius 1 is 0.868 bits per heavy atom. The number of aliphatic hydroxyl groups is 1. The van der Waals surface area contributed by atoms with Crippen molar-refractivity contribution in [1.29, 1.82) is 0 Å². The second-order valence-electron chi connectivity index (χ2n) is 9.32. The van der Waals surface area contributed by atoms with Gasteiger partial charge in [-0.3, -0.25) is 14.4 Å². The molecule has 2 rings (SSSR count). The van der Waals surface area contributed by atoms with Crippen molar-refractivity contribution in [3.8, 4) is 0 Å². The number of rotatable bonds is 18. The summed E-state index contributed by atoms with van der Waals surface area (Å²) in [7, 11) is 0. The lowest BCUT2D eigenvalue weighted by Gasteiger charge is -2.23. The molecule has 3 atom stereocenters. The average Bonchev–Trinajstić information content (AvgIpc) is 2.92. The van der Waals surface area contributed by atoms with E-state index in [9.17, 15) is 19.5 Å². The zero-order chi connectivity index (χ0) is 27.6. The number of unbranched alkanes of at least 4 members (excludes halogenated alkanes) is 1. The molecular weight excluding hydrogens is 480 g/mol. The number of amides is 2. The SMILES string of the molecule is C=CCCCC(=O)OC[C@@H](Cc1ccccc1)NC(=O)[C@H](CC=C)CC(=O)N[C@H](CO)Cc1ccccc1. The maximum atomic E-state index is 13.2. The molecule has 2 aromatic rings. The molecule has 0 saturated heterocycles. The van der Waals surface area contributed by atoms with Crippen molar-refractivity contribution in [3.05, 3.63) is 97.1 Å². The van der Waals surface area contributed by atoms with Gasteiger partial charge in [0.1, 0.15) is 6.61 Å². The van der Waals surface area contributed by atoms with Gasteiger partial charge in [-0.25, -0.2) is 0 Å². The predicted molar refractivity (Wildman–Crippen MR) is 149 cm³/mol. The van der Waals surface area contributed by atoms with Gasteiger partial charge in [-0.05, 0) is 43.2 Å². The Balaban J connectivity index is 2.00. The molecule has 38 heavy (non-hydrogen) atoms. The maximum Gasteiger partial charge on any atom is 0.305 e. The third kappa shape index (κ3) is 12.0. The van der Waals surface area contributed by atoms with E-state index >= 15 is 0 Å². The zero-order valence-corrected chi connectivity index (χ0v) is 22.0. The third-order valence-corrected chi connectivity index (χ3v) is 6.07. The Hall–Kier alpha value is -3.71. The Morgan fingerprint density at radius 3 is 2.03 bits per heavy atom. The van der Waals surface area contributed by atoms with Crippen LogP contribution < -0.4 is 10.6 Å². The summed E-state index contributed by atoms with van der Waals surface area (Å²) >= 11 is 0. The molecule has 7 heteroatoms. The molecule has 0 fully saturated rings. The van der Waals surface area contributed by atoms with Gasteiger partial charge in [0.05, 0.1) is 24.6 Å². The van der Waals surface area contributed by atoms with Gasteiger partial charge in [-0.2, -0.15) is 0 Å². The topological polar surface area (TPSA) is 105 Å². The van der Waals surface area contributed by atoms with Crippen LogP contribution >= 0.6 is 0 Å². The van der Waals surface area contributed by atoms with E-state index in [0.717, 1.165) is 17.5 Å². The average molecular weight is 521 g/mol. The molecule has 0 spiro atoms. The number of hydrogen-bond donors (Lipinski definition) is 3. The van der Waals surface area contributed by atoms with Crippen LogP contribution in [0.4, 0.5) is 0 Å². The molecule has 2 aromatic carbocycles. The van der Waals surface area contributed by atoms with E-state index in [4.69, 9.17) is 4.74 Å². The largest absolute Gasteiger partial charge is 0.463 e. The first-order valence-corrected chi connectivity index (χ1v) is 13.1. The standard InChI is InChI=1S/C31H40N2O5/c1-3-5-8-18-30(36)38-23-28(20-25-16-11-7-12-17-25)33-31(37)26(13-4-2)21-29(35)32-27(22-34)19-24-14-9-6-10-15-24/h3-4,6-7,9-12,14-17,26-28,34H,1-2,5,8,13,18-23H2,(H,32,35)(H,33,37)/t26-,27+,28-/m1/s1. The Morgan fingerprint density at radius 2 is 1.47 bits per heavy atom. The van der Waals surface area contributed by atoms with E-state index in [1.807, 2.05) is 60.7 Å². The number of nitrogens with one attached hydrogen (secondary N) is 2. The van der Waals surface area contributed by atoms with Crippen LogP contribution in [0, 0.1) is 5.92 Å². The normalized spacial score (nSPS) is 13.0. The minimum Gasteiger partial charge on any atom is -0.463 e. The van der Waals surface area contributed by atoms with E-state index in [1.165, 1.54) is 0 Å². The number of allylic oxidation sites excluding steroid dienone is 2. The molecule has 204 valence electrons. The van der Waals surface area contributed by atoms with Gasteiger partial charge in [0, 0.05) is 12.8 Å². The Kier molecular flexibility index (Phi) is 14.2. The highest BCUT2D eigenvalue weighted by Gasteiger charge is 2.25. The predicted octanol–water partition coefficient (Wildman–Crippen LogP) is 3.92. The fourth-order valence-corrected chi connectivity index (χ4v) is 4.08. The minimum atomic E-state index is -0.648. The molecule has 0 aliphatic rings. The van der Waals surface area contributed by atoms with Crippen LogP contribution in [0.15, 0.2) is 86.0 Å². The zero-order valence-electron chi connectivity index (χ0n) is 22.0. The first-order chi connectivity index (χ1) is 18.4. The van der Waals surface area contributed by atoms with Gasteiger partial charge in [0.2, 0.25) is 11.8 Å². The highest BCUT2D eigenvalue weighted by Crippen LogP contribution is 2.13. The molecule has 7 nitrogen and oxygen atoms in total. The molecule has 0 aliphatic heterocycles. The second kappa shape index (κ2) is 17.7. The van der Waals surface area contributed by atoms with Gasteiger partial charge in [-0.15, -0.1) is 13.2 Å². The number of benzene rings is 2. The molecule has 0 heterocycles. The van der Waals surface area contributed by atoms with E-state index in [1.54, 1.807) is 12.2 Å². The second-order valence-corrected chi connectivity index (χ2v) is 9.32. The number of carbonyl (C=O) groups is 3. The first kappa shape index (κ1) is 30.5. The van der Waals surface area contributed by atoms with Crippen molar-refractivity contribution in [2.75, 3.05) is 13.2 Å². The van der Waals surface area contributed by atoms with Crippen LogP contribution in [-0.4, -0.2) is 48.2 Å². The summed E-state index contributed by atoms with van der Waals surface area (Å²) in [4.78, 5) is 38.2. The van der Waals surface area contributed by atoms with E-state index in [0.29, 0.717) is 25.7 Å². The molecule has 0 unspecified atom stereocenters. The quantitative estimate of drug-likeness (QED) is 0.157. The van der Waals surface area contributed by atoms with E-state index < -0.39 is 18.0 Å². The summed E-state index contributed by atoms with van der Waals surface area (Å²) < 4.78 is 5.45. The highest BCUT2D eigenvalue weighted by molar-refractivity contribution is 5.86. The summed E-state index contributed by atoms with van der Waals surface area (Å²) in [6.07, 6.45) is 6.25. The van der Waals surface area contributed by atoms with Crippen molar-refractivity contribution in [2.24, 2.45) is 5.92 Å².